The summed E-state index contributed by atoms with van der Waals surface area (Å²) in [7, 11) is 5.19. The predicted molar refractivity (Wildman–Crippen MR) is 124 cm³/mol. The average molecular weight is 457 g/mol. The van der Waals surface area contributed by atoms with Crippen LogP contribution in [-0.2, 0) is 11.8 Å². The fourth-order valence-electron chi connectivity index (χ4n) is 3.23. The van der Waals surface area contributed by atoms with Crippen LogP contribution in [0.5, 0.6) is 0 Å². The van der Waals surface area contributed by atoms with Crippen LogP contribution in [0, 0.1) is 0 Å². The first kappa shape index (κ1) is 21.1. The van der Waals surface area contributed by atoms with E-state index in [1.54, 1.807) is 33.2 Å². The Morgan fingerprint density at radius 2 is 1.90 bits per heavy atom. The molecule has 0 radical (unpaired) electrons. The van der Waals surface area contributed by atoms with Gasteiger partial charge in [-0.15, -0.1) is 0 Å². The summed E-state index contributed by atoms with van der Waals surface area (Å²) in [5.74, 6) is 0.109. The number of benzene rings is 2. The van der Waals surface area contributed by atoms with Gasteiger partial charge in [0.15, 0.2) is 5.13 Å². The molecule has 0 saturated carbocycles. The highest BCUT2D eigenvalue weighted by atomic mass is 35.5. The number of aromatic nitrogens is 3. The number of carbonyl (C=O) groups excluding carboxylic acids is 2. The van der Waals surface area contributed by atoms with E-state index in [-0.39, 0.29) is 11.8 Å². The molecule has 0 fully saturated rings. The lowest BCUT2D eigenvalue weighted by Gasteiger charge is -2.17. The van der Waals surface area contributed by atoms with Crippen LogP contribution in [-0.4, -0.2) is 51.4 Å². The predicted octanol–water partition coefficient (Wildman–Crippen LogP) is 3.79. The maximum Gasteiger partial charge on any atom is 0.251 e. The van der Waals surface area contributed by atoms with Gasteiger partial charge >= 0.3 is 0 Å². The molecule has 2 heterocycles. The molecule has 2 aromatic carbocycles. The highest BCUT2D eigenvalue weighted by molar-refractivity contribution is 7.22. The molecular formula is C21H21ClN6O2S. The van der Waals surface area contributed by atoms with Crippen LogP contribution in [0.15, 0.2) is 36.4 Å². The van der Waals surface area contributed by atoms with Crippen LogP contribution < -0.4 is 10.6 Å². The Labute approximate surface area is 187 Å². The van der Waals surface area contributed by atoms with Crippen molar-refractivity contribution in [3.63, 3.8) is 0 Å². The molecule has 0 aliphatic rings. The summed E-state index contributed by atoms with van der Waals surface area (Å²) in [5, 5.41) is 7.33. The molecule has 2 aromatic heterocycles. The standard InChI is InChI=1S/C21H21ClN6O2S/c1-11(19(30)27(2)3)23-18(29)12-5-8-16-15(9-12)24-20(28(16)4)26-21-25-14-7-6-13(22)10-17(14)31-21/h5-11H,1-4H3,(H,23,29)(H,24,25,26)/t11-/m0/s1. The van der Waals surface area contributed by atoms with Gasteiger partial charge in [0, 0.05) is 31.7 Å². The van der Waals surface area contributed by atoms with Crippen molar-refractivity contribution in [2.75, 3.05) is 19.4 Å². The third-order valence-corrected chi connectivity index (χ3v) is 6.04. The molecule has 0 spiro atoms. The van der Waals surface area contributed by atoms with Crippen molar-refractivity contribution in [3.05, 3.63) is 47.0 Å². The second kappa shape index (κ2) is 8.16. The summed E-state index contributed by atoms with van der Waals surface area (Å²) < 4.78 is 2.88. The van der Waals surface area contributed by atoms with Crippen molar-refractivity contribution < 1.29 is 9.59 Å². The Morgan fingerprint density at radius 3 is 2.65 bits per heavy atom. The van der Waals surface area contributed by atoms with E-state index in [0.29, 0.717) is 27.2 Å². The van der Waals surface area contributed by atoms with Gasteiger partial charge in [0.1, 0.15) is 6.04 Å². The van der Waals surface area contributed by atoms with Crippen LogP contribution in [0.25, 0.3) is 21.3 Å². The number of amides is 2. The van der Waals surface area contributed by atoms with Gasteiger partial charge in [-0.25, -0.2) is 9.97 Å². The lowest BCUT2D eigenvalue weighted by molar-refractivity contribution is -0.130. The maximum atomic E-state index is 12.6. The Hall–Kier alpha value is -3.17. The van der Waals surface area contributed by atoms with Crippen LogP contribution in [0.1, 0.15) is 17.3 Å². The molecule has 31 heavy (non-hydrogen) atoms. The molecule has 1 atom stereocenters. The van der Waals surface area contributed by atoms with Gasteiger partial charge in [-0.2, -0.15) is 0 Å². The van der Waals surface area contributed by atoms with Crippen LogP contribution >= 0.6 is 22.9 Å². The molecule has 2 amide bonds. The molecule has 2 N–H and O–H groups in total. The minimum Gasteiger partial charge on any atom is -0.347 e. The molecule has 4 aromatic rings. The van der Waals surface area contributed by atoms with E-state index in [2.05, 4.69) is 20.6 Å². The first-order chi connectivity index (χ1) is 14.7. The number of imidazole rings is 1. The summed E-state index contributed by atoms with van der Waals surface area (Å²) in [5.41, 5.74) is 2.82. The highest BCUT2D eigenvalue weighted by Crippen LogP contribution is 2.31. The summed E-state index contributed by atoms with van der Waals surface area (Å²) >= 11 is 7.54. The zero-order valence-electron chi connectivity index (χ0n) is 17.4. The molecule has 8 nitrogen and oxygen atoms in total. The number of nitrogens with one attached hydrogen (secondary N) is 2. The highest BCUT2D eigenvalue weighted by Gasteiger charge is 2.19. The van der Waals surface area contributed by atoms with Gasteiger partial charge in [-0.05, 0) is 43.3 Å². The normalized spacial score (nSPS) is 12.2. The third kappa shape index (κ3) is 4.19. The lowest BCUT2D eigenvalue weighted by atomic mass is 10.1. The zero-order valence-corrected chi connectivity index (χ0v) is 19.0. The minimum absolute atomic E-state index is 0.170. The molecule has 0 unspecified atom stereocenters. The fourth-order valence-corrected chi connectivity index (χ4v) is 4.36. The Balaban J connectivity index is 1.58. The van der Waals surface area contributed by atoms with Crippen molar-refractivity contribution in [2.45, 2.75) is 13.0 Å². The Kier molecular flexibility index (Phi) is 5.55. The molecule has 4 rings (SSSR count). The van der Waals surface area contributed by atoms with E-state index in [9.17, 15) is 9.59 Å². The van der Waals surface area contributed by atoms with Gasteiger partial charge in [0.05, 0.1) is 21.3 Å². The number of rotatable bonds is 5. The summed E-state index contributed by atoms with van der Waals surface area (Å²) in [4.78, 5) is 35.2. The zero-order chi connectivity index (χ0) is 22.3. The number of hydrogen-bond donors (Lipinski definition) is 2. The largest absolute Gasteiger partial charge is 0.347 e. The molecule has 0 bridgehead atoms. The van der Waals surface area contributed by atoms with Crippen molar-refractivity contribution >= 4 is 67.1 Å². The van der Waals surface area contributed by atoms with Crippen LogP contribution in [0.2, 0.25) is 5.02 Å². The number of anilines is 2. The smallest absolute Gasteiger partial charge is 0.251 e. The number of nitrogens with zero attached hydrogens (tertiary/aromatic N) is 4. The van der Waals surface area contributed by atoms with Gasteiger partial charge in [0.25, 0.3) is 5.91 Å². The number of likely N-dealkylation sites (N-methyl/N-ethyl adjacent to an activating group) is 1. The quantitative estimate of drug-likeness (QED) is 0.476. The van der Waals surface area contributed by atoms with E-state index in [1.165, 1.54) is 16.2 Å². The lowest BCUT2D eigenvalue weighted by Crippen LogP contribution is -2.44. The monoisotopic (exact) mass is 456 g/mol. The van der Waals surface area contributed by atoms with Crippen molar-refractivity contribution in [1.82, 2.24) is 24.8 Å². The molecule has 0 saturated heterocycles. The average Bonchev–Trinajstić information content (AvgIpc) is 3.26. The molecule has 160 valence electrons. The van der Waals surface area contributed by atoms with Gasteiger partial charge in [-0.1, -0.05) is 22.9 Å². The summed E-state index contributed by atoms with van der Waals surface area (Å²) in [6, 6.07) is 10.2. The molecular weight excluding hydrogens is 436 g/mol. The number of hydrogen-bond acceptors (Lipinski definition) is 6. The second-order valence-corrected chi connectivity index (χ2v) is 8.85. The second-order valence-electron chi connectivity index (χ2n) is 7.38. The third-order valence-electron chi connectivity index (χ3n) is 4.87. The van der Waals surface area contributed by atoms with Crippen molar-refractivity contribution in [3.8, 4) is 0 Å². The number of thiazole rings is 1. The first-order valence-corrected chi connectivity index (χ1v) is 10.7. The molecule has 0 aliphatic carbocycles. The topological polar surface area (TPSA) is 92.1 Å². The van der Waals surface area contributed by atoms with Crippen LogP contribution in [0.4, 0.5) is 11.1 Å². The fraction of sp³-hybridized carbons (Fsp3) is 0.238. The van der Waals surface area contributed by atoms with E-state index >= 15 is 0 Å². The first-order valence-electron chi connectivity index (χ1n) is 9.54. The van der Waals surface area contributed by atoms with Gasteiger partial charge < -0.3 is 20.1 Å². The van der Waals surface area contributed by atoms with E-state index in [1.807, 2.05) is 35.9 Å². The number of fused-ring (bicyclic) bond motifs is 2. The number of aryl methyl sites for hydroxylation is 1. The summed E-state index contributed by atoms with van der Waals surface area (Å²) in [6.07, 6.45) is 0. The van der Waals surface area contributed by atoms with Gasteiger partial charge in [0.2, 0.25) is 11.9 Å². The van der Waals surface area contributed by atoms with Crippen molar-refractivity contribution in [2.24, 2.45) is 7.05 Å². The number of carbonyl (C=O) groups is 2. The SMILES string of the molecule is C[C@H](NC(=O)c1ccc2c(c1)nc(Nc1nc3ccc(Cl)cc3s1)n2C)C(=O)N(C)C. The van der Waals surface area contributed by atoms with E-state index < -0.39 is 6.04 Å². The summed E-state index contributed by atoms with van der Waals surface area (Å²) in [6.45, 7) is 1.66. The molecule has 0 aliphatic heterocycles. The Bertz CT molecular complexity index is 1310. The minimum atomic E-state index is -0.619. The molecule has 10 heteroatoms. The van der Waals surface area contributed by atoms with Crippen molar-refractivity contribution in [1.29, 1.82) is 0 Å². The van der Waals surface area contributed by atoms with E-state index in [0.717, 1.165) is 15.7 Å². The van der Waals surface area contributed by atoms with Gasteiger partial charge in [-0.3, -0.25) is 9.59 Å². The van der Waals surface area contributed by atoms with Crippen LogP contribution in [0.3, 0.4) is 0 Å². The van der Waals surface area contributed by atoms with E-state index in [4.69, 9.17) is 11.6 Å². The maximum absolute atomic E-state index is 12.6. The Morgan fingerprint density at radius 1 is 1.13 bits per heavy atom. The number of halogens is 1.